The van der Waals surface area contributed by atoms with Crippen molar-refractivity contribution < 1.29 is 4.79 Å². The van der Waals surface area contributed by atoms with Crippen LogP contribution in [0.15, 0.2) is 0 Å². The van der Waals surface area contributed by atoms with Crippen molar-refractivity contribution in [3.05, 3.63) is 0 Å². The molecule has 1 rings (SSSR count). The number of hydrogen-bond acceptors (Lipinski definition) is 2. The molecule has 0 spiro atoms. The molecule has 1 fully saturated rings. The summed E-state index contributed by atoms with van der Waals surface area (Å²) in [6, 6.07) is -0.111. The molecule has 2 amide bonds. The molecular formula is C10H20N4OS. The van der Waals surface area contributed by atoms with Crippen LogP contribution in [0.2, 0.25) is 0 Å². The van der Waals surface area contributed by atoms with E-state index in [9.17, 15) is 4.79 Å². The van der Waals surface area contributed by atoms with Crippen molar-refractivity contribution in [3.8, 4) is 0 Å². The van der Waals surface area contributed by atoms with Crippen LogP contribution in [0.25, 0.3) is 0 Å². The van der Waals surface area contributed by atoms with Gasteiger partial charge in [-0.15, -0.1) is 0 Å². The molecule has 0 aromatic rings. The third kappa shape index (κ3) is 2.55. The fraction of sp³-hybridized carbons (Fsp3) is 0.800. The summed E-state index contributed by atoms with van der Waals surface area (Å²) in [6.07, 6.45) is -0.244. The van der Waals surface area contributed by atoms with Crippen LogP contribution in [0.4, 0.5) is 4.79 Å². The fourth-order valence-electron chi connectivity index (χ4n) is 2.26. The molecule has 2 atom stereocenters. The smallest absolute Gasteiger partial charge is 0.316 e. The van der Waals surface area contributed by atoms with E-state index in [1.807, 2.05) is 0 Å². The minimum absolute atomic E-state index is 0.0769. The molecule has 2 unspecified atom stereocenters. The van der Waals surface area contributed by atoms with Crippen molar-refractivity contribution in [3.63, 3.8) is 0 Å². The first-order valence-corrected chi connectivity index (χ1v) is 5.79. The number of amides is 2. The van der Waals surface area contributed by atoms with Gasteiger partial charge in [-0.05, 0) is 18.1 Å². The Kier molecular flexibility index (Phi) is 3.62. The van der Waals surface area contributed by atoms with Gasteiger partial charge in [-0.3, -0.25) is 0 Å². The summed E-state index contributed by atoms with van der Waals surface area (Å²) in [5, 5.41) is 8.85. The Labute approximate surface area is 102 Å². The fourth-order valence-corrected chi connectivity index (χ4v) is 2.37. The normalized spacial score (nSPS) is 28.2. The van der Waals surface area contributed by atoms with Crippen molar-refractivity contribution in [1.29, 1.82) is 0 Å². The molecule has 0 aromatic heterocycles. The summed E-state index contributed by atoms with van der Waals surface area (Å²) in [6.45, 7) is 8.30. The van der Waals surface area contributed by atoms with Crippen LogP contribution >= 0.6 is 12.2 Å². The lowest BCUT2D eigenvalue weighted by Gasteiger charge is -2.47. The van der Waals surface area contributed by atoms with Gasteiger partial charge in [0, 0.05) is 11.5 Å². The predicted molar refractivity (Wildman–Crippen MR) is 67.8 cm³/mol. The molecule has 1 aliphatic heterocycles. The van der Waals surface area contributed by atoms with Crippen molar-refractivity contribution in [2.75, 3.05) is 0 Å². The van der Waals surface area contributed by atoms with E-state index >= 15 is 0 Å². The molecule has 1 saturated heterocycles. The molecule has 1 heterocycles. The van der Waals surface area contributed by atoms with E-state index in [0.717, 1.165) is 0 Å². The summed E-state index contributed by atoms with van der Waals surface area (Å²) in [7, 11) is 0. The zero-order chi connectivity index (χ0) is 12.5. The topological polar surface area (TPSA) is 79.2 Å². The molecule has 0 aliphatic carbocycles. The number of nitrogens with two attached hydrogens (primary N) is 1. The minimum atomic E-state index is -0.244. The van der Waals surface area contributed by atoms with E-state index in [1.54, 1.807) is 0 Å². The molecular weight excluding hydrogens is 224 g/mol. The first-order chi connectivity index (χ1) is 7.25. The molecule has 0 aromatic carbocycles. The van der Waals surface area contributed by atoms with E-state index in [1.165, 1.54) is 0 Å². The van der Waals surface area contributed by atoms with Crippen LogP contribution in [-0.4, -0.2) is 23.4 Å². The first kappa shape index (κ1) is 13.0. The Balaban J connectivity index is 2.91. The summed E-state index contributed by atoms with van der Waals surface area (Å²) in [5.74, 6) is 0.344. The Morgan fingerprint density at radius 2 is 2.06 bits per heavy atom. The monoisotopic (exact) mass is 244 g/mol. The Bertz CT molecular complexity index is 301. The van der Waals surface area contributed by atoms with Gasteiger partial charge in [-0.2, -0.15) is 0 Å². The quantitative estimate of drug-likeness (QED) is 0.534. The Hall–Kier alpha value is -1.04. The second kappa shape index (κ2) is 4.45. The standard InChI is InChI=1S/C10H20N4OS/c1-5(2)6-10(3,4)7(13-8(11)16)14-9(15)12-6/h5-7H,1-4H3,(H3,11,13,16)(H2,12,14,15). The summed E-state index contributed by atoms with van der Waals surface area (Å²) in [4.78, 5) is 11.5. The summed E-state index contributed by atoms with van der Waals surface area (Å²) < 4.78 is 0. The SMILES string of the molecule is CC(C)C1NC(=O)NC(NC(N)=S)C1(C)C. The molecule has 5 N–H and O–H groups in total. The van der Waals surface area contributed by atoms with E-state index < -0.39 is 0 Å². The third-order valence-corrected chi connectivity index (χ3v) is 3.18. The van der Waals surface area contributed by atoms with Gasteiger partial charge in [0.15, 0.2) is 5.11 Å². The van der Waals surface area contributed by atoms with Gasteiger partial charge in [0.2, 0.25) is 0 Å². The van der Waals surface area contributed by atoms with Gasteiger partial charge in [-0.1, -0.05) is 27.7 Å². The summed E-state index contributed by atoms with van der Waals surface area (Å²) in [5.41, 5.74) is 5.28. The largest absolute Gasteiger partial charge is 0.376 e. The molecule has 16 heavy (non-hydrogen) atoms. The number of hydrogen-bond donors (Lipinski definition) is 4. The van der Waals surface area contributed by atoms with Crippen molar-refractivity contribution in [2.24, 2.45) is 17.1 Å². The highest BCUT2D eigenvalue weighted by Crippen LogP contribution is 2.31. The number of carbonyl (C=O) groups excluding carboxylic acids is 1. The zero-order valence-electron chi connectivity index (χ0n) is 10.1. The molecule has 0 saturated carbocycles. The van der Waals surface area contributed by atoms with Gasteiger partial charge >= 0.3 is 6.03 Å². The predicted octanol–water partition coefficient (Wildman–Crippen LogP) is 0.509. The highest BCUT2D eigenvalue weighted by molar-refractivity contribution is 7.80. The average Bonchev–Trinajstić information content (AvgIpc) is 2.09. The van der Waals surface area contributed by atoms with Gasteiger partial charge in [0.05, 0.1) is 0 Å². The van der Waals surface area contributed by atoms with E-state index in [-0.39, 0.29) is 28.8 Å². The Morgan fingerprint density at radius 1 is 1.50 bits per heavy atom. The van der Waals surface area contributed by atoms with Crippen LogP contribution in [0, 0.1) is 11.3 Å². The van der Waals surface area contributed by atoms with Crippen molar-refractivity contribution in [2.45, 2.75) is 39.9 Å². The summed E-state index contributed by atoms with van der Waals surface area (Å²) >= 11 is 4.82. The van der Waals surface area contributed by atoms with Gasteiger partial charge in [-0.25, -0.2) is 4.79 Å². The molecule has 6 heteroatoms. The van der Waals surface area contributed by atoms with Crippen molar-refractivity contribution in [1.82, 2.24) is 16.0 Å². The second-order valence-corrected chi connectivity index (χ2v) is 5.54. The second-order valence-electron chi connectivity index (χ2n) is 5.10. The molecule has 0 radical (unpaired) electrons. The lowest BCUT2D eigenvalue weighted by molar-refractivity contribution is 0.101. The van der Waals surface area contributed by atoms with Crippen molar-refractivity contribution >= 4 is 23.4 Å². The molecule has 5 nitrogen and oxygen atoms in total. The number of nitrogens with one attached hydrogen (secondary N) is 3. The van der Waals surface area contributed by atoms with E-state index in [0.29, 0.717) is 5.92 Å². The van der Waals surface area contributed by atoms with Gasteiger partial charge in [0.1, 0.15) is 6.17 Å². The average molecular weight is 244 g/mol. The lowest BCUT2D eigenvalue weighted by Crippen LogP contribution is -2.71. The number of carbonyl (C=O) groups is 1. The van der Waals surface area contributed by atoms with E-state index in [4.69, 9.17) is 18.0 Å². The Morgan fingerprint density at radius 3 is 2.50 bits per heavy atom. The molecule has 1 aliphatic rings. The maximum absolute atomic E-state index is 11.5. The van der Waals surface area contributed by atoms with E-state index in [2.05, 4.69) is 43.6 Å². The van der Waals surface area contributed by atoms with Crippen LogP contribution in [-0.2, 0) is 0 Å². The van der Waals surface area contributed by atoms with Gasteiger partial charge < -0.3 is 21.7 Å². The van der Waals surface area contributed by atoms with Crippen LogP contribution < -0.4 is 21.7 Å². The molecule has 0 bridgehead atoms. The highest BCUT2D eigenvalue weighted by atomic mass is 32.1. The van der Waals surface area contributed by atoms with Gasteiger partial charge in [0.25, 0.3) is 0 Å². The van der Waals surface area contributed by atoms with Crippen LogP contribution in [0.5, 0.6) is 0 Å². The third-order valence-electron chi connectivity index (χ3n) is 3.06. The highest BCUT2D eigenvalue weighted by Gasteiger charge is 2.44. The number of rotatable bonds is 2. The maximum atomic E-state index is 11.5. The van der Waals surface area contributed by atoms with Crippen LogP contribution in [0.1, 0.15) is 27.7 Å². The number of thiocarbonyl (C=S) groups is 1. The zero-order valence-corrected chi connectivity index (χ0v) is 10.9. The maximum Gasteiger partial charge on any atom is 0.316 e. The first-order valence-electron chi connectivity index (χ1n) is 5.38. The molecule has 92 valence electrons. The minimum Gasteiger partial charge on any atom is -0.376 e. The number of urea groups is 1. The van der Waals surface area contributed by atoms with Crippen LogP contribution in [0.3, 0.4) is 0 Å². The lowest BCUT2D eigenvalue weighted by atomic mass is 9.74.